The van der Waals surface area contributed by atoms with Crippen molar-refractivity contribution in [2.24, 2.45) is 45.3 Å². The van der Waals surface area contributed by atoms with Gasteiger partial charge in [0, 0.05) is 17.8 Å². The SMILES string of the molecule is C=C(C)CCC=C(C)C1C(O)CC2(C)C1CCC1C3(C)CCC(=O)C(C)(C)C3CCC12C. The Morgan fingerprint density at radius 3 is 2.38 bits per heavy atom. The van der Waals surface area contributed by atoms with Gasteiger partial charge >= 0.3 is 0 Å². The van der Waals surface area contributed by atoms with Crippen LogP contribution in [0.3, 0.4) is 0 Å². The van der Waals surface area contributed by atoms with E-state index in [2.05, 4.69) is 61.1 Å². The molecule has 0 radical (unpaired) electrons. The maximum absolute atomic E-state index is 12.8. The Hall–Kier alpha value is -0.890. The normalized spacial score (nSPS) is 48.1. The zero-order chi connectivity index (χ0) is 23.7. The predicted octanol–water partition coefficient (Wildman–Crippen LogP) is 7.51. The lowest BCUT2D eigenvalue weighted by molar-refractivity contribution is -0.201. The highest BCUT2D eigenvalue weighted by Crippen LogP contribution is 2.75. The number of allylic oxidation sites excluding steroid dienone is 2. The molecular weight excluding hydrogens is 392 g/mol. The molecule has 0 aliphatic heterocycles. The Morgan fingerprint density at radius 2 is 1.72 bits per heavy atom. The van der Waals surface area contributed by atoms with Gasteiger partial charge in [-0.3, -0.25) is 4.79 Å². The lowest BCUT2D eigenvalue weighted by Crippen LogP contribution is -2.63. The fourth-order valence-electron chi connectivity index (χ4n) is 9.87. The molecule has 0 aromatic heterocycles. The van der Waals surface area contributed by atoms with Gasteiger partial charge in [-0.2, -0.15) is 0 Å². The van der Waals surface area contributed by atoms with Gasteiger partial charge in [-0.25, -0.2) is 0 Å². The average Bonchev–Trinajstić information content (AvgIpc) is 2.96. The summed E-state index contributed by atoms with van der Waals surface area (Å²) in [4.78, 5) is 12.8. The number of Topliss-reactive ketones (excluding diaryl/α,β-unsaturated/α-hetero) is 1. The minimum Gasteiger partial charge on any atom is -0.392 e. The molecule has 0 amide bonds. The summed E-state index contributed by atoms with van der Waals surface area (Å²) < 4.78 is 0. The molecule has 2 nitrogen and oxygen atoms in total. The number of carbonyl (C=O) groups is 1. The van der Waals surface area contributed by atoms with E-state index in [0.29, 0.717) is 29.5 Å². The molecule has 4 aliphatic rings. The summed E-state index contributed by atoms with van der Waals surface area (Å²) in [6.07, 6.45) is 11.8. The van der Waals surface area contributed by atoms with E-state index in [-0.39, 0.29) is 27.8 Å². The summed E-state index contributed by atoms with van der Waals surface area (Å²) in [6.45, 7) is 20.5. The summed E-state index contributed by atoms with van der Waals surface area (Å²) >= 11 is 0. The van der Waals surface area contributed by atoms with Crippen molar-refractivity contribution in [3.05, 3.63) is 23.8 Å². The third kappa shape index (κ3) is 3.25. The van der Waals surface area contributed by atoms with Crippen molar-refractivity contribution in [3.63, 3.8) is 0 Å². The predicted molar refractivity (Wildman–Crippen MR) is 133 cm³/mol. The molecule has 32 heavy (non-hydrogen) atoms. The average molecular weight is 441 g/mol. The first kappa shape index (κ1) is 24.2. The molecule has 0 bridgehead atoms. The zero-order valence-corrected chi connectivity index (χ0v) is 21.9. The van der Waals surface area contributed by atoms with Crippen LogP contribution in [0.2, 0.25) is 0 Å². The van der Waals surface area contributed by atoms with Crippen LogP contribution >= 0.6 is 0 Å². The Morgan fingerprint density at radius 1 is 1.03 bits per heavy atom. The molecule has 0 aromatic rings. The number of rotatable bonds is 4. The Labute approximate surface area is 197 Å². The number of ketones is 1. The van der Waals surface area contributed by atoms with Crippen molar-refractivity contribution in [1.29, 1.82) is 0 Å². The number of aliphatic hydroxyl groups excluding tert-OH is 1. The highest BCUT2D eigenvalue weighted by atomic mass is 16.3. The molecule has 4 aliphatic carbocycles. The molecule has 4 saturated carbocycles. The monoisotopic (exact) mass is 440 g/mol. The van der Waals surface area contributed by atoms with Crippen LogP contribution in [0, 0.1) is 45.3 Å². The van der Waals surface area contributed by atoms with E-state index in [1.54, 1.807) is 0 Å². The molecule has 180 valence electrons. The third-order valence-corrected chi connectivity index (χ3v) is 11.7. The quantitative estimate of drug-likeness (QED) is 0.459. The number of aliphatic hydroxyl groups is 1. The van der Waals surface area contributed by atoms with Gasteiger partial charge in [0.25, 0.3) is 0 Å². The smallest absolute Gasteiger partial charge is 0.138 e. The molecule has 0 saturated heterocycles. The van der Waals surface area contributed by atoms with Crippen LogP contribution < -0.4 is 0 Å². The van der Waals surface area contributed by atoms with Gasteiger partial charge in [0.15, 0.2) is 0 Å². The van der Waals surface area contributed by atoms with Crippen LogP contribution in [0.4, 0.5) is 0 Å². The maximum atomic E-state index is 12.8. The van der Waals surface area contributed by atoms with Crippen molar-refractivity contribution in [3.8, 4) is 0 Å². The highest BCUT2D eigenvalue weighted by Gasteiger charge is 2.69. The summed E-state index contributed by atoms with van der Waals surface area (Å²) in [5.74, 6) is 2.51. The first-order valence-electron chi connectivity index (χ1n) is 13.3. The van der Waals surface area contributed by atoms with E-state index in [0.717, 1.165) is 32.1 Å². The second-order valence-electron chi connectivity index (χ2n) is 13.6. The summed E-state index contributed by atoms with van der Waals surface area (Å²) in [5, 5.41) is 11.4. The molecular formula is C30H48O2. The fraction of sp³-hybridized carbons (Fsp3) is 0.833. The number of fused-ring (bicyclic) bond motifs is 5. The summed E-state index contributed by atoms with van der Waals surface area (Å²) in [6, 6.07) is 0. The first-order chi connectivity index (χ1) is 14.8. The number of carbonyl (C=O) groups excluding carboxylic acids is 1. The Bertz CT molecular complexity index is 821. The largest absolute Gasteiger partial charge is 0.392 e. The standard InChI is InChI=1S/C30H48O2/c1-19(2)10-9-11-20(3)26-21-12-13-24-28(6)16-15-25(32)27(4,5)23(28)14-17-29(24,7)30(21,8)18-22(26)31/h11,21-24,26,31H,1,9-10,12-18H2,2-8H3. The van der Waals surface area contributed by atoms with E-state index >= 15 is 0 Å². The van der Waals surface area contributed by atoms with Gasteiger partial charge in [-0.1, -0.05) is 51.8 Å². The van der Waals surface area contributed by atoms with Crippen molar-refractivity contribution in [2.45, 2.75) is 112 Å². The molecule has 2 heteroatoms. The van der Waals surface area contributed by atoms with Crippen LogP contribution in [0.5, 0.6) is 0 Å². The van der Waals surface area contributed by atoms with Crippen LogP contribution in [0.15, 0.2) is 23.8 Å². The Balaban J connectivity index is 1.66. The van der Waals surface area contributed by atoms with Crippen LogP contribution in [-0.2, 0) is 4.79 Å². The number of hydrogen-bond acceptors (Lipinski definition) is 2. The maximum Gasteiger partial charge on any atom is 0.138 e. The molecule has 4 fully saturated rings. The van der Waals surface area contributed by atoms with Gasteiger partial charge in [0.1, 0.15) is 5.78 Å². The van der Waals surface area contributed by atoms with Crippen LogP contribution in [-0.4, -0.2) is 17.0 Å². The van der Waals surface area contributed by atoms with Crippen molar-refractivity contribution < 1.29 is 9.90 Å². The topological polar surface area (TPSA) is 37.3 Å². The zero-order valence-electron chi connectivity index (χ0n) is 21.9. The lowest BCUT2D eigenvalue weighted by atomic mass is 9.35. The van der Waals surface area contributed by atoms with Gasteiger partial charge in [-0.15, -0.1) is 6.58 Å². The third-order valence-electron chi connectivity index (χ3n) is 11.7. The molecule has 8 unspecified atom stereocenters. The Kier molecular flexibility index (Phi) is 5.93. The summed E-state index contributed by atoms with van der Waals surface area (Å²) in [5.41, 5.74) is 3.10. The van der Waals surface area contributed by atoms with Crippen molar-refractivity contribution in [2.75, 3.05) is 0 Å². The summed E-state index contributed by atoms with van der Waals surface area (Å²) in [7, 11) is 0. The van der Waals surface area contributed by atoms with Gasteiger partial charge < -0.3 is 5.11 Å². The van der Waals surface area contributed by atoms with Gasteiger partial charge in [0.2, 0.25) is 0 Å². The van der Waals surface area contributed by atoms with Crippen molar-refractivity contribution in [1.82, 2.24) is 0 Å². The molecule has 8 atom stereocenters. The van der Waals surface area contributed by atoms with E-state index in [4.69, 9.17) is 0 Å². The van der Waals surface area contributed by atoms with Crippen LogP contribution in [0.25, 0.3) is 0 Å². The van der Waals surface area contributed by atoms with E-state index in [1.807, 2.05) is 0 Å². The number of hydrogen-bond donors (Lipinski definition) is 1. The molecule has 1 N–H and O–H groups in total. The van der Waals surface area contributed by atoms with E-state index in [1.165, 1.54) is 36.8 Å². The minimum absolute atomic E-state index is 0.170. The van der Waals surface area contributed by atoms with E-state index in [9.17, 15) is 9.90 Å². The van der Waals surface area contributed by atoms with Crippen molar-refractivity contribution >= 4 is 5.78 Å². The molecule has 4 rings (SSSR count). The second-order valence-corrected chi connectivity index (χ2v) is 13.6. The molecule has 0 heterocycles. The minimum atomic E-state index is -0.225. The van der Waals surface area contributed by atoms with E-state index < -0.39 is 0 Å². The first-order valence-corrected chi connectivity index (χ1v) is 13.3. The van der Waals surface area contributed by atoms with Gasteiger partial charge in [0.05, 0.1) is 6.10 Å². The highest BCUT2D eigenvalue weighted by molar-refractivity contribution is 5.85. The van der Waals surface area contributed by atoms with Gasteiger partial charge in [-0.05, 0) is 99.2 Å². The molecule has 0 aromatic carbocycles. The fourth-order valence-corrected chi connectivity index (χ4v) is 9.87. The lowest BCUT2D eigenvalue weighted by Gasteiger charge is -2.68. The second kappa shape index (κ2) is 7.82. The molecule has 0 spiro atoms. The van der Waals surface area contributed by atoms with Crippen LogP contribution in [0.1, 0.15) is 106 Å².